The highest BCUT2D eigenvalue weighted by molar-refractivity contribution is 6.31. The molecule has 0 aromatic heterocycles. The summed E-state index contributed by atoms with van der Waals surface area (Å²) in [7, 11) is 0. The molecule has 0 heterocycles. The maximum Gasteiger partial charge on any atom is 0.252 e. The fourth-order valence-corrected chi connectivity index (χ4v) is 1.17. The number of Topliss-reactive ketones (excluding diaryl/α,β-unsaturated/α-hetero) is 1. The topological polar surface area (TPSA) is 69.4 Å². The number of rotatable bonds is 4. The van der Waals surface area contributed by atoms with Crippen molar-refractivity contribution in [1.82, 2.24) is 0 Å². The normalized spacial score (nSPS) is 9.73. The zero-order valence-corrected chi connectivity index (χ0v) is 8.88. The minimum Gasteiger partial charge on any atom is -0.485 e. The molecule has 0 aliphatic heterocycles. The molecule has 5 heteroatoms. The molecule has 0 aliphatic rings. The smallest absolute Gasteiger partial charge is 0.252 e. The third kappa shape index (κ3) is 3.25. The average Bonchev–Trinajstić information content (AvgIpc) is 2.15. The van der Waals surface area contributed by atoms with Gasteiger partial charge in [-0.1, -0.05) is 11.6 Å². The molecule has 2 N–H and O–H groups in total. The van der Waals surface area contributed by atoms with Crippen LogP contribution in [0.2, 0.25) is 5.02 Å². The highest BCUT2D eigenvalue weighted by Gasteiger charge is 2.10. The average molecular weight is 228 g/mol. The van der Waals surface area contributed by atoms with Crippen molar-refractivity contribution in [2.75, 3.05) is 6.61 Å². The van der Waals surface area contributed by atoms with Crippen LogP contribution in [0.1, 0.15) is 17.3 Å². The summed E-state index contributed by atoms with van der Waals surface area (Å²) in [5.74, 6) is -0.515. The molecule has 0 aliphatic carbocycles. The Morgan fingerprint density at radius 3 is 2.67 bits per heavy atom. The van der Waals surface area contributed by atoms with Crippen molar-refractivity contribution < 1.29 is 14.3 Å². The van der Waals surface area contributed by atoms with Gasteiger partial charge in [0.25, 0.3) is 5.91 Å². The first kappa shape index (κ1) is 11.5. The van der Waals surface area contributed by atoms with Crippen LogP contribution in [0.25, 0.3) is 0 Å². The Morgan fingerprint density at radius 2 is 2.13 bits per heavy atom. The van der Waals surface area contributed by atoms with Gasteiger partial charge in [0, 0.05) is 5.02 Å². The van der Waals surface area contributed by atoms with Crippen molar-refractivity contribution in [1.29, 1.82) is 0 Å². The van der Waals surface area contributed by atoms with E-state index in [9.17, 15) is 9.59 Å². The van der Waals surface area contributed by atoms with Crippen molar-refractivity contribution in [3.63, 3.8) is 0 Å². The number of hydrogen-bond acceptors (Lipinski definition) is 3. The lowest BCUT2D eigenvalue weighted by molar-refractivity contribution is -0.118. The van der Waals surface area contributed by atoms with Gasteiger partial charge >= 0.3 is 0 Å². The van der Waals surface area contributed by atoms with Gasteiger partial charge in [0.15, 0.2) is 5.78 Å². The van der Waals surface area contributed by atoms with Crippen LogP contribution < -0.4 is 10.5 Å². The number of ketones is 1. The second-order valence-electron chi connectivity index (χ2n) is 3.00. The molecule has 15 heavy (non-hydrogen) atoms. The van der Waals surface area contributed by atoms with Crippen LogP contribution >= 0.6 is 11.6 Å². The molecule has 1 rings (SSSR count). The third-order valence-electron chi connectivity index (χ3n) is 1.64. The first-order valence-electron chi connectivity index (χ1n) is 4.22. The van der Waals surface area contributed by atoms with E-state index in [4.69, 9.17) is 22.1 Å². The summed E-state index contributed by atoms with van der Waals surface area (Å²) < 4.78 is 5.11. The lowest BCUT2D eigenvalue weighted by Crippen LogP contribution is -2.15. The van der Waals surface area contributed by atoms with Gasteiger partial charge in [-0.05, 0) is 25.1 Å². The monoisotopic (exact) mass is 227 g/mol. The number of amides is 1. The molecule has 0 saturated heterocycles. The maximum atomic E-state index is 11.0. The van der Waals surface area contributed by atoms with Gasteiger partial charge < -0.3 is 10.5 Å². The van der Waals surface area contributed by atoms with Crippen LogP contribution in [0.5, 0.6) is 5.75 Å². The summed E-state index contributed by atoms with van der Waals surface area (Å²) in [5.41, 5.74) is 5.30. The Kier molecular flexibility index (Phi) is 3.68. The summed E-state index contributed by atoms with van der Waals surface area (Å²) in [6.07, 6.45) is 0. The van der Waals surface area contributed by atoms with Crippen LogP contribution in [-0.2, 0) is 4.79 Å². The molecule has 0 radical (unpaired) electrons. The fraction of sp³-hybridized carbons (Fsp3) is 0.200. The molecular formula is C10H10ClNO3. The molecule has 0 fully saturated rings. The van der Waals surface area contributed by atoms with Gasteiger partial charge in [-0.25, -0.2) is 0 Å². The third-order valence-corrected chi connectivity index (χ3v) is 1.87. The van der Waals surface area contributed by atoms with Gasteiger partial charge in [0.2, 0.25) is 0 Å². The van der Waals surface area contributed by atoms with Crippen LogP contribution in [0.4, 0.5) is 0 Å². The summed E-state index contributed by atoms with van der Waals surface area (Å²) in [5, 5.41) is 0.388. The number of carbonyl (C=O) groups is 2. The van der Waals surface area contributed by atoms with E-state index >= 15 is 0 Å². The van der Waals surface area contributed by atoms with Crippen molar-refractivity contribution >= 4 is 23.3 Å². The Balaban J connectivity index is 2.95. The summed E-state index contributed by atoms with van der Waals surface area (Å²) in [6.45, 7) is 1.29. The number of primary amides is 1. The second-order valence-corrected chi connectivity index (χ2v) is 3.43. The lowest BCUT2D eigenvalue weighted by Gasteiger charge is -2.07. The number of hydrogen-bond donors (Lipinski definition) is 1. The Labute approximate surface area is 92.0 Å². The van der Waals surface area contributed by atoms with Crippen LogP contribution in [-0.4, -0.2) is 18.3 Å². The van der Waals surface area contributed by atoms with Crippen LogP contribution in [0, 0.1) is 0 Å². The molecule has 0 bridgehead atoms. The highest BCUT2D eigenvalue weighted by Crippen LogP contribution is 2.22. The van der Waals surface area contributed by atoms with Gasteiger partial charge in [-0.15, -0.1) is 0 Å². The van der Waals surface area contributed by atoms with Crippen molar-refractivity contribution in [2.24, 2.45) is 5.73 Å². The number of benzene rings is 1. The molecule has 1 aromatic carbocycles. The van der Waals surface area contributed by atoms with Crippen molar-refractivity contribution in [2.45, 2.75) is 6.92 Å². The van der Waals surface area contributed by atoms with E-state index in [1.54, 1.807) is 6.07 Å². The SMILES string of the molecule is CC(=O)COc1ccc(Cl)cc1C(N)=O. The summed E-state index contributed by atoms with van der Waals surface area (Å²) in [4.78, 5) is 21.7. The summed E-state index contributed by atoms with van der Waals surface area (Å²) >= 11 is 5.69. The molecule has 0 atom stereocenters. The van der Waals surface area contributed by atoms with Crippen molar-refractivity contribution in [3.05, 3.63) is 28.8 Å². The first-order chi connectivity index (χ1) is 7.00. The maximum absolute atomic E-state index is 11.0. The molecule has 0 unspecified atom stereocenters. The molecule has 80 valence electrons. The van der Waals surface area contributed by atoms with E-state index in [1.807, 2.05) is 0 Å². The van der Waals surface area contributed by atoms with E-state index in [2.05, 4.69) is 0 Å². The largest absolute Gasteiger partial charge is 0.485 e. The molecule has 1 aromatic rings. The van der Waals surface area contributed by atoms with E-state index in [1.165, 1.54) is 19.1 Å². The van der Waals surface area contributed by atoms with Crippen LogP contribution in [0.3, 0.4) is 0 Å². The number of carbonyl (C=O) groups excluding carboxylic acids is 2. The molecule has 0 spiro atoms. The minimum atomic E-state index is -0.643. The predicted molar refractivity (Wildman–Crippen MR) is 56.1 cm³/mol. The predicted octanol–water partition coefficient (Wildman–Crippen LogP) is 1.41. The Morgan fingerprint density at radius 1 is 1.47 bits per heavy atom. The van der Waals surface area contributed by atoms with E-state index in [0.29, 0.717) is 5.02 Å². The lowest BCUT2D eigenvalue weighted by atomic mass is 10.2. The summed E-state index contributed by atoms with van der Waals surface area (Å²) in [6, 6.07) is 4.47. The number of ether oxygens (including phenoxy) is 1. The van der Waals surface area contributed by atoms with Crippen LogP contribution in [0.15, 0.2) is 18.2 Å². The Bertz CT molecular complexity index is 404. The second kappa shape index (κ2) is 4.79. The minimum absolute atomic E-state index is 0.0953. The molecule has 0 saturated carbocycles. The first-order valence-corrected chi connectivity index (χ1v) is 4.60. The highest BCUT2D eigenvalue weighted by atomic mass is 35.5. The number of halogens is 1. The van der Waals surface area contributed by atoms with E-state index < -0.39 is 5.91 Å². The quantitative estimate of drug-likeness (QED) is 0.846. The van der Waals surface area contributed by atoms with E-state index in [0.717, 1.165) is 0 Å². The molecule has 4 nitrogen and oxygen atoms in total. The Hall–Kier alpha value is -1.55. The fourth-order valence-electron chi connectivity index (χ4n) is 1.00. The van der Waals surface area contributed by atoms with Crippen molar-refractivity contribution in [3.8, 4) is 5.75 Å². The van der Waals surface area contributed by atoms with E-state index in [-0.39, 0.29) is 23.7 Å². The van der Waals surface area contributed by atoms with Gasteiger partial charge in [-0.2, -0.15) is 0 Å². The number of nitrogens with two attached hydrogens (primary N) is 1. The molecule has 1 amide bonds. The van der Waals surface area contributed by atoms with Gasteiger partial charge in [0.05, 0.1) is 5.56 Å². The zero-order chi connectivity index (χ0) is 11.4. The zero-order valence-electron chi connectivity index (χ0n) is 8.12. The standard InChI is InChI=1S/C10H10ClNO3/c1-6(13)5-15-9-3-2-7(11)4-8(9)10(12)14/h2-4H,5H2,1H3,(H2,12,14). The molecular weight excluding hydrogens is 218 g/mol. The van der Waals surface area contributed by atoms with Gasteiger partial charge in [-0.3, -0.25) is 9.59 Å². The van der Waals surface area contributed by atoms with Gasteiger partial charge in [0.1, 0.15) is 12.4 Å².